The second-order valence-electron chi connectivity index (χ2n) is 5.48. The Labute approximate surface area is 151 Å². The molecule has 0 aliphatic carbocycles. The maximum atomic E-state index is 10.9. The number of benzene rings is 1. The second kappa shape index (κ2) is 6.42. The zero-order chi connectivity index (χ0) is 17.4. The largest absolute Gasteiger partial charge is 0.475 e. The number of carboxylic acid groups (broad SMARTS) is 1. The van der Waals surface area contributed by atoms with Gasteiger partial charge in [0.15, 0.2) is 10.9 Å². The first-order valence-electron chi connectivity index (χ1n) is 7.61. The van der Waals surface area contributed by atoms with Crippen LogP contribution in [-0.2, 0) is 0 Å². The number of furan rings is 1. The molecule has 0 saturated carbocycles. The number of carbonyl (C=O) groups is 1. The summed E-state index contributed by atoms with van der Waals surface area (Å²) in [7, 11) is 0. The summed E-state index contributed by atoms with van der Waals surface area (Å²) in [4.78, 5) is 17.8. The highest BCUT2D eigenvalue weighted by Gasteiger charge is 2.18. The van der Waals surface area contributed by atoms with E-state index in [1.807, 2.05) is 6.07 Å². The Bertz CT molecular complexity index is 978. The molecule has 128 valence electrons. The van der Waals surface area contributed by atoms with E-state index in [-0.39, 0.29) is 11.7 Å². The van der Waals surface area contributed by atoms with Crippen molar-refractivity contribution < 1.29 is 19.1 Å². The molecule has 1 aliphatic heterocycles. The fourth-order valence-electron chi connectivity index (χ4n) is 2.58. The molecule has 0 radical (unpaired) electrons. The summed E-state index contributed by atoms with van der Waals surface area (Å²) in [6.07, 6.45) is 5.27. The molecule has 0 amide bonds. The van der Waals surface area contributed by atoms with Crippen LogP contribution in [0.4, 0.5) is 5.13 Å². The Morgan fingerprint density at radius 3 is 2.96 bits per heavy atom. The van der Waals surface area contributed by atoms with Gasteiger partial charge in [-0.15, -0.1) is 0 Å². The van der Waals surface area contributed by atoms with Crippen LogP contribution in [0, 0.1) is 0 Å². The first-order valence-corrected chi connectivity index (χ1v) is 8.80. The summed E-state index contributed by atoms with van der Waals surface area (Å²) in [5.41, 5.74) is 0.673. The van der Waals surface area contributed by atoms with E-state index in [2.05, 4.69) is 22.0 Å². The van der Waals surface area contributed by atoms with Crippen molar-refractivity contribution in [3.8, 4) is 11.7 Å². The van der Waals surface area contributed by atoms with Crippen LogP contribution in [0.3, 0.4) is 0 Å². The Kier molecular flexibility index (Phi) is 4.10. The molecule has 1 aliphatic rings. The first kappa shape index (κ1) is 16.0. The van der Waals surface area contributed by atoms with Crippen molar-refractivity contribution in [3.63, 3.8) is 0 Å². The van der Waals surface area contributed by atoms with Gasteiger partial charge >= 0.3 is 5.97 Å². The van der Waals surface area contributed by atoms with E-state index in [0.29, 0.717) is 16.3 Å². The van der Waals surface area contributed by atoms with Crippen LogP contribution in [0.15, 0.2) is 40.8 Å². The Morgan fingerprint density at radius 2 is 2.24 bits per heavy atom. The van der Waals surface area contributed by atoms with E-state index in [4.69, 9.17) is 25.9 Å². The summed E-state index contributed by atoms with van der Waals surface area (Å²) in [6.45, 7) is 1.74. The summed E-state index contributed by atoms with van der Waals surface area (Å²) in [5, 5.41) is 10.4. The van der Waals surface area contributed by atoms with E-state index in [1.165, 1.54) is 12.1 Å². The number of aromatic nitrogens is 1. The molecule has 25 heavy (non-hydrogen) atoms. The van der Waals surface area contributed by atoms with Crippen molar-refractivity contribution in [3.05, 3.63) is 47.2 Å². The number of hydrogen-bond donors (Lipinski definition) is 1. The van der Waals surface area contributed by atoms with Gasteiger partial charge in [-0.2, -0.15) is 0 Å². The second-order valence-corrected chi connectivity index (χ2v) is 6.92. The van der Waals surface area contributed by atoms with Gasteiger partial charge < -0.3 is 19.2 Å². The van der Waals surface area contributed by atoms with Gasteiger partial charge in [0.05, 0.1) is 4.70 Å². The highest BCUT2D eigenvalue weighted by molar-refractivity contribution is 7.22. The van der Waals surface area contributed by atoms with E-state index in [1.54, 1.807) is 17.4 Å². The minimum atomic E-state index is -1.15. The number of fused-ring (bicyclic) bond motifs is 1. The van der Waals surface area contributed by atoms with Crippen LogP contribution in [0.25, 0.3) is 10.2 Å². The molecular weight excluding hydrogens is 364 g/mol. The standard InChI is InChI=1S/C17H13ClN2O4S/c18-10-8-12(24-14-5-4-11(23-14)16(21)22)15-13(9-10)25-17(19-15)20-6-2-1-3-7-20/h1-2,4-5,8-9H,3,6-7H2,(H,21,22). The fraction of sp³-hybridized carbons (Fsp3) is 0.176. The summed E-state index contributed by atoms with van der Waals surface area (Å²) < 4.78 is 11.8. The molecule has 4 rings (SSSR count). The smallest absolute Gasteiger partial charge is 0.371 e. The van der Waals surface area contributed by atoms with E-state index < -0.39 is 5.97 Å². The molecule has 1 N–H and O–H groups in total. The molecule has 1 aromatic carbocycles. The molecule has 8 heteroatoms. The lowest BCUT2D eigenvalue weighted by Crippen LogP contribution is -2.26. The molecule has 3 heterocycles. The molecule has 0 bridgehead atoms. The van der Waals surface area contributed by atoms with Crippen LogP contribution >= 0.6 is 22.9 Å². The monoisotopic (exact) mass is 376 g/mol. The topological polar surface area (TPSA) is 75.8 Å². The average molecular weight is 377 g/mol. The van der Waals surface area contributed by atoms with Gasteiger partial charge in [0, 0.05) is 30.2 Å². The van der Waals surface area contributed by atoms with Crippen LogP contribution in [0.2, 0.25) is 5.02 Å². The van der Waals surface area contributed by atoms with Crippen LogP contribution < -0.4 is 9.64 Å². The molecule has 0 saturated heterocycles. The van der Waals surface area contributed by atoms with Crippen molar-refractivity contribution in [2.75, 3.05) is 18.0 Å². The fourth-order valence-corrected chi connectivity index (χ4v) is 3.91. The Hall–Kier alpha value is -2.51. The third-order valence-corrected chi connectivity index (χ3v) is 5.03. The van der Waals surface area contributed by atoms with Crippen molar-refractivity contribution >= 4 is 44.3 Å². The minimum Gasteiger partial charge on any atom is -0.475 e. The number of anilines is 1. The van der Waals surface area contributed by atoms with Crippen molar-refractivity contribution in [2.24, 2.45) is 0 Å². The van der Waals surface area contributed by atoms with Crippen LogP contribution in [0.1, 0.15) is 17.0 Å². The van der Waals surface area contributed by atoms with Crippen LogP contribution in [-0.4, -0.2) is 29.1 Å². The van der Waals surface area contributed by atoms with E-state index in [0.717, 1.165) is 29.3 Å². The molecule has 0 atom stereocenters. The van der Waals surface area contributed by atoms with Gasteiger partial charge in [-0.3, -0.25) is 0 Å². The maximum Gasteiger partial charge on any atom is 0.371 e. The third kappa shape index (κ3) is 3.20. The lowest BCUT2D eigenvalue weighted by atomic mass is 10.3. The van der Waals surface area contributed by atoms with Gasteiger partial charge in [-0.05, 0) is 18.6 Å². The van der Waals surface area contributed by atoms with Gasteiger partial charge in [0.1, 0.15) is 5.52 Å². The average Bonchev–Trinajstić information content (AvgIpc) is 3.22. The van der Waals surface area contributed by atoms with Crippen molar-refractivity contribution in [2.45, 2.75) is 6.42 Å². The number of ether oxygens (including phenoxy) is 1. The lowest BCUT2D eigenvalue weighted by molar-refractivity contribution is 0.0657. The van der Waals surface area contributed by atoms with Crippen molar-refractivity contribution in [1.82, 2.24) is 4.98 Å². The molecule has 0 fully saturated rings. The maximum absolute atomic E-state index is 10.9. The molecule has 0 spiro atoms. The molecule has 6 nitrogen and oxygen atoms in total. The number of thiazole rings is 1. The number of carboxylic acids is 1. The minimum absolute atomic E-state index is 0.0800. The molecular formula is C17H13ClN2O4S. The van der Waals surface area contributed by atoms with Crippen LogP contribution in [0.5, 0.6) is 11.7 Å². The molecule has 0 unspecified atom stereocenters. The normalized spacial score (nSPS) is 14.2. The summed E-state index contributed by atoms with van der Waals surface area (Å²) >= 11 is 7.73. The van der Waals surface area contributed by atoms with Crippen molar-refractivity contribution in [1.29, 1.82) is 0 Å². The predicted octanol–water partition coefficient (Wildman–Crippen LogP) is 4.80. The van der Waals surface area contributed by atoms with Gasteiger partial charge in [0.2, 0.25) is 5.76 Å². The summed E-state index contributed by atoms with van der Waals surface area (Å²) in [5.74, 6) is -0.826. The third-order valence-electron chi connectivity index (χ3n) is 3.74. The van der Waals surface area contributed by atoms with E-state index >= 15 is 0 Å². The highest BCUT2D eigenvalue weighted by atomic mass is 35.5. The molecule has 2 aromatic heterocycles. The van der Waals surface area contributed by atoms with Gasteiger partial charge in [0.25, 0.3) is 5.95 Å². The Morgan fingerprint density at radius 1 is 1.36 bits per heavy atom. The number of halogens is 1. The number of hydrogen-bond acceptors (Lipinski definition) is 6. The number of nitrogens with zero attached hydrogens (tertiary/aromatic N) is 2. The van der Waals surface area contributed by atoms with E-state index in [9.17, 15) is 4.79 Å². The first-order chi connectivity index (χ1) is 12.1. The number of aromatic carboxylic acids is 1. The Balaban J connectivity index is 1.70. The quantitative estimate of drug-likeness (QED) is 0.659. The van der Waals surface area contributed by atoms with Gasteiger partial charge in [-0.1, -0.05) is 35.1 Å². The molecule has 3 aromatic rings. The highest BCUT2D eigenvalue weighted by Crippen LogP contribution is 2.39. The summed E-state index contributed by atoms with van der Waals surface area (Å²) in [6, 6.07) is 6.28. The lowest BCUT2D eigenvalue weighted by Gasteiger charge is -2.21. The SMILES string of the molecule is O=C(O)c1ccc(Oc2cc(Cl)cc3sc(N4CC=CCC4)nc23)o1. The zero-order valence-corrected chi connectivity index (χ0v) is 14.5. The number of rotatable bonds is 4. The van der Waals surface area contributed by atoms with Gasteiger partial charge in [-0.25, -0.2) is 9.78 Å². The zero-order valence-electron chi connectivity index (χ0n) is 12.9. The predicted molar refractivity (Wildman–Crippen MR) is 96.3 cm³/mol.